The van der Waals surface area contributed by atoms with Crippen molar-refractivity contribution in [2.45, 2.75) is 0 Å². The van der Waals surface area contributed by atoms with Gasteiger partial charge in [-0.05, 0) is 24.3 Å². The molecule has 0 aliphatic rings. The number of hydrogen-bond donors (Lipinski definition) is 2. The highest BCUT2D eigenvalue weighted by atomic mass is 32.1. The van der Waals surface area contributed by atoms with E-state index in [1.807, 2.05) is 36.4 Å². The molecule has 0 radical (unpaired) electrons. The smallest absolute Gasteiger partial charge is 0.142 e. The van der Waals surface area contributed by atoms with Gasteiger partial charge in [0, 0.05) is 11.8 Å². The lowest BCUT2D eigenvalue weighted by atomic mass is 10.2. The van der Waals surface area contributed by atoms with E-state index in [1.165, 1.54) is 0 Å². The van der Waals surface area contributed by atoms with E-state index in [0.717, 1.165) is 17.0 Å². The van der Waals surface area contributed by atoms with Gasteiger partial charge in [-0.3, -0.25) is 0 Å². The highest BCUT2D eigenvalue weighted by Crippen LogP contribution is 2.25. The largest absolute Gasteiger partial charge is 0.495 e. The van der Waals surface area contributed by atoms with Crippen molar-refractivity contribution in [1.82, 2.24) is 4.98 Å². The number of para-hydroxylation sites is 2. The number of thiocarbonyl (C=S) groups is 1. The number of methoxy groups -OCH3 is 1. The van der Waals surface area contributed by atoms with Crippen molar-refractivity contribution in [3.05, 3.63) is 48.2 Å². The molecule has 0 atom stereocenters. The highest BCUT2D eigenvalue weighted by molar-refractivity contribution is 7.80. The number of pyridine rings is 1. The summed E-state index contributed by atoms with van der Waals surface area (Å²) in [6.07, 6.45) is 1.64. The van der Waals surface area contributed by atoms with Crippen molar-refractivity contribution in [3.63, 3.8) is 0 Å². The SMILES string of the molecule is COc1ccccc1Nc1ccc(C(N)=S)cn1. The highest BCUT2D eigenvalue weighted by Gasteiger charge is 2.03. The van der Waals surface area contributed by atoms with Crippen molar-refractivity contribution >= 4 is 28.7 Å². The van der Waals surface area contributed by atoms with Crippen LogP contribution in [0.1, 0.15) is 5.56 Å². The van der Waals surface area contributed by atoms with Gasteiger partial charge in [-0.2, -0.15) is 0 Å². The minimum atomic E-state index is 0.339. The van der Waals surface area contributed by atoms with E-state index < -0.39 is 0 Å². The number of nitrogens with zero attached hydrogens (tertiary/aromatic N) is 1. The summed E-state index contributed by atoms with van der Waals surface area (Å²) in [6, 6.07) is 11.3. The Hall–Kier alpha value is -2.14. The molecule has 0 aliphatic heterocycles. The number of nitrogens with one attached hydrogen (secondary N) is 1. The van der Waals surface area contributed by atoms with Crippen LogP contribution in [0.3, 0.4) is 0 Å². The molecule has 3 N–H and O–H groups in total. The summed E-state index contributed by atoms with van der Waals surface area (Å²) in [5.74, 6) is 1.47. The van der Waals surface area contributed by atoms with Gasteiger partial charge in [0.05, 0.1) is 12.8 Å². The molecule has 4 nitrogen and oxygen atoms in total. The Labute approximate surface area is 111 Å². The number of ether oxygens (including phenoxy) is 1. The van der Waals surface area contributed by atoms with Crippen molar-refractivity contribution < 1.29 is 4.74 Å². The van der Waals surface area contributed by atoms with E-state index in [2.05, 4.69) is 10.3 Å². The lowest BCUT2D eigenvalue weighted by molar-refractivity contribution is 0.417. The molecular formula is C13H13N3OS. The number of nitrogens with two attached hydrogens (primary N) is 1. The first-order valence-electron chi connectivity index (χ1n) is 5.36. The Morgan fingerprint density at radius 3 is 2.67 bits per heavy atom. The van der Waals surface area contributed by atoms with Gasteiger partial charge in [0.15, 0.2) is 0 Å². The molecule has 0 aliphatic carbocycles. The van der Waals surface area contributed by atoms with Crippen LogP contribution in [-0.4, -0.2) is 17.1 Å². The average Bonchev–Trinajstić information content (AvgIpc) is 2.40. The van der Waals surface area contributed by atoms with Gasteiger partial charge in [0.1, 0.15) is 16.6 Å². The fourth-order valence-corrected chi connectivity index (χ4v) is 1.62. The van der Waals surface area contributed by atoms with Crippen LogP contribution in [0.4, 0.5) is 11.5 Å². The summed E-state index contributed by atoms with van der Waals surface area (Å²) >= 11 is 4.87. The standard InChI is InChI=1S/C13H13N3OS/c1-17-11-5-3-2-4-10(11)16-12-7-6-9(8-15-12)13(14)18/h2-8H,1H3,(H2,14,18)(H,15,16). The Morgan fingerprint density at radius 2 is 2.06 bits per heavy atom. The number of benzene rings is 1. The van der Waals surface area contributed by atoms with Crippen molar-refractivity contribution in [1.29, 1.82) is 0 Å². The number of aromatic nitrogens is 1. The van der Waals surface area contributed by atoms with Crippen molar-refractivity contribution in [2.75, 3.05) is 12.4 Å². The predicted molar refractivity (Wildman–Crippen MR) is 76.4 cm³/mol. The Balaban J connectivity index is 2.21. The van der Waals surface area contributed by atoms with E-state index in [4.69, 9.17) is 22.7 Å². The summed E-state index contributed by atoms with van der Waals surface area (Å²) in [7, 11) is 1.63. The van der Waals surface area contributed by atoms with Crippen molar-refractivity contribution in [3.8, 4) is 5.75 Å². The third-order valence-corrected chi connectivity index (χ3v) is 2.65. The van der Waals surface area contributed by atoms with E-state index in [-0.39, 0.29) is 0 Å². The lowest BCUT2D eigenvalue weighted by Crippen LogP contribution is -2.09. The van der Waals surface area contributed by atoms with E-state index in [9.17, 15) is 0 Å². The molecule has 18 heavy (non-hydrogen) atoms. The summed E-state index contributed by atoms with van der Waals surface area (Å²) in [5, 5.41) is 3.17. The van der Waals surface area contributed by atoms with Crippen LogP contribution in [0.15, 0.2) is 42.6 Å². The van der Waals surface area contributed by atoms with Crippen LogP contribution >= 0.6 is 12.2 Å². The van der Waals surface area contributed by atoms with Crippen LogP contribution in [-0.2, 0) is 0 Å². The predicted octanol–water partition coefficient (Wildman–Crippen LogP) is 2.47. The molecule has 0 unspecified atom stereocenters. The Kier molecular flexibility index (Phi) is 3.74. The van der Waals surface area contributed by atoms with Crippen LogP contribution in [0.2, 0.25) is 0 Å². The normalized spacial score (nSPS) is 9.83. The maximum Gasteiger partial charge on any atom is 0.142 e. The quantitative estimate of drug-likeness (QED) is 0.826. The molecule has 2 aromatic rings. The second-order valence-corrected chi connectivity index (χ2v) is 4.06. The molecule has 1 aromatic heterocycles. The number of hydrogen-bond acceptors (Lipinski definition) is 4. The monoisotopic (exact) mass is 259 g/mol. The van der Waals surface area contributed by atoms with Gasteiger partial charge < -0.3 is 15.8 Å². The first kappa shape index (κ1) is 12.3. The Morgan fingerprint density at radius 1 is 1.28 bits per heavy atom. The molecule has 0 fully saturated rings. The van der Waals surface area contributed by atoms with Gasteiger partial charge >= 0.3 is 0 Å². The van der Waals surface area contributed by atoms with Gasteiger partial charge in [-0.1, -0.05) is 24.4 Å². The molecule has 1 aromatic carbocycles. The van der Waals surface area contributed by atoms with Crippen LogP contribution < -0.4 is 15.8 Å². The van der Waals surface area contributed by atoms with Gasteiger partial charge in [-0.25, -0.2) is 4.98 Å². The molecular weight excluding hydrogens is 246 g/mol. The van der Waals surface area contributed by atoms with E-state index >= 15 is 0 Å². The molecule has 0 amide bonds. The Bertz CT molecular complexity index is 554. The minimum absolute atomic E-state index is 0.339. The third kappa shape index (κ3) is 2.75. The third-order valence-electron chi connectivity index (χ3n) is 2.42. The number of rotatable bonds is 4. The van der Waals surface area contributed by atoms with Crippen molar-refractivity contribution in [2.24, 2.45) is 5.73 Å². The number of anilines is 2. The van der Waals surface area contributed by atoms with E-state index in [0.29, 0.717) is 10.8 Å². The van der Waals surface area contributed by atoms with Crippen LogP contribution in [0, 0.1) is 0 Å². The summed E-state index contributed by atoms with van der Waals surface area (Å²) < 4.78 is 5.25. The summed E-state index contributed by atoms with van der Waals surface area (Å²) in [5.41, 5.74) is 7.12. The molecule has 1 heterocycles. The van der Waals surface area contributed by atoms with Crippen LogP contribution in [0.5, 0.6) is 5.75 Å². The molecule has 2 rings (SSSR count). The van der Waals surface area contributed by atoms with E-state index in [1.54, 1.807) is 13.3 Å². The minimum Gasteiger partial charge on any atom is -0.495 e. The maximum atomic E-state index is 5.51. The second-order valence-electron chi connectivity index (χ2n) is 3.62. The fourth-order valence-electron chi connectivity index (χ4n) is 1.50. The van der Waals surface area contributed by atoms with Gasteiger partial charge in [0.2, 0.25) is 0 Å². The van der Waals surface area contributed by atoms with Crippen LogP contribution in [0.25, 0.3) is 0 Å². The zero-order valence-electron chi connectivity index (χ0n) is 9.88. The second kappa shape index (κ2) is 5.46. The average molecular weight is 259 g/mol. The fraction of sp³-hybridized carbons (Fsp3) is 0.0769. The molecule has 92 valence electrons. The zero-order chi connectivity index (χ0) is 13.0. The first-order chi connectivity index (χ1) is 8.70. The zero-order valence-corrected chi connectivity index (χ0v) is 10.7. The molecule has 5 heteroatoms. The lowest BCUT2D eigenvalue weighted by Gasteiger charge is -2.10. The molecule has 0 saturated carbocycles. The molecule has 0 spiro atoms. The molecule has 0 bridgehead atoms. The van der Waals surface area contributed by atoms with Gasteiger partial charge in [0.25, 0.3) is 0 Å². The summed E-state index contributed by atoms with van der Waals surface area (Å²) in [4.78, 5) is 4.58. The van der Waals surface area contributed by atoms with Gasteiger partial charge in [-0.15, -0.1) is 0 Å². The summed E-state index contributed by atoms with van der Waals surface area (Å²) in [6.45, 7) is 0. The first-order valence-corrected chi connectivity index (χ1v) is 5.77. The molecule has 0 saturated heterocycles. The topological polar surface area (TPSA) is 60.2 Å². The maximum absolute atomic E-state index is 5.51.